The van der Waals surface area contributed by atoms with Crippen molar-refractivity contribution in [1.29, 1.82) is 0 Å². The lowest BCUT2D eigenvalue weighted by Crippen LogP contribution is -2.10. The van der Waals surface area contributed by atoms with Gasteiger partial charge in [-0.25, -0.2) is 0 Å². The van der Waals surface area contributed by atoms with Crippen LogP contribution in [0.5, 0.6) is 0 Å². The van der Waals surface area contributed by atoms with Gasteiger partial charge in [0.25, 0.3) is 0 Å². The minimum Gasteiger partial charge on any atom is -0.383 e. The number of nitrogens with two attached hydrogens (primary N) is 1. The van der Waals surface area contributed by atoms with Gasteiger partial charge in [0.2, 0.25) is 0 Å². The fraction of sp³-hybridized carbons (Fsp3) is 0.667. The molecule has 0 aliphatic heterocycles. The van der Waals surface area contributed by atoms with Crippen LogP contribution in [0.1, 0.15) is 0 Å². The number of thiocarbonyl (C=S) groups is 1. The maximum Gasteiger partial charge on any atom is 0.387 e. The summed E-state index contributed by atoms with van der Waals surface area (Å²) in [6, 6.07) is 0. The van der Waals surface area contributed by atoms with Crippen molar-refractivity contribution in [2.45, 2.75) is 0 Å². The molecular weight excluding hydrogens is 161 g/mol. The molecule has 6 heteroatoms. The van der Waals surface area contributed by atoms with E-state index in [1.54, 1.807) is 0 Å². The average molecular weight is 169 g/mol. The molecule has 0 unspecified atom stereocenters. The first kappa shape index (κ1) is 9.04. The van der Waals surface area contributed by atoms with E-state index < -0.39 is 7.60 Å². The van der Waals surface area contributed by atoms with Crippen LogP contribution in [0.15, 0.2) is 0 Å². The summed E-state index contributed by atoms with van der Waals surface area (Å²) in [7, 11) is -0.793. The van der Waals surface area contributed by atoms with Gasteiger partial charge in [-0.1, -0.05) is 12.2 Å². The second-order valence-corrected chi connectivity index (χ2v) is 4.15. The van der Waals surface area contributed by atoms with Gasteiger partial charge >= 0.3 is 7.60 Å². The van der Waals surface area contributed by atoms with E-state index in [0.29, 0.717) is 0 Å². The summed E-state index contributed by atoms with van der Waals surface area (Å²) in [5.41, 5.74) is 5.01. The zero-order chi connectivity index (χ0) is 7.49. The standard InChI is InChI=1S/C3H8NO3PS/c1-6-8(5,7-2)3(4)9/h1-2H3,(H2,4,9). The first-order valence-corrected chi connectivity index (χ1v) is 4.03. The lowest BCUT2D eigenvalue weighted by Gasteiger charge is -2.09. The summed E-state index contributed by atoms with van der Waals surface area (Å²) < 4.78 is 19.5. The van der Waals surface area contributed by atoms with Gasteiger partial charge in [0.1, 0.15) is 0 Å². The molecule has 0 aromatic carbocycles. The molecule has 0 rings (SSSR count). The highest BCUT2D eigenvalue weighted by Crippen LogP contribution is 2.45. The predicted molar refractivity (Wildman–Crippen MR) is 38.4 cm³/mol. The maximum atomic E-state index is 10.9. The molecular formula is C3H8NO3PS. The Bertz CT molecular complexity index is 151. The van der Waals surface area contributed by atoms with Crippen molar-refractivity contribution >= 4 is 24.5 Å². The van der Waals surface area contributed by atoms with E-state index in [2.05, 4.69) is 21.3 Å². The smallest absolute Gasteiger partial charge is 0.383 e. The van der Waals surface area contributed by atoms with Crippen LogP contribution in [-0.2, 0) is 13.6 Å². The molecule has 9 heavy (non-hydrogen) atoms. The van der Waals surface area contributed by atoms with Gasteiger partial charge in [-0.05, 0) is 0 Å². The summed E-state index contributed by atoms with van der Waals surface area (Å²) in [4.78, 5) is 0. The molecule has 0 amide bonds. The zero-order valence-electron chi connectivity index (χ0n) is 5.16. The van der Waals surface area contributed by atoms with Crippen LogP contribution < -0.4 is 5.73 Å². The highest BCUT2D eigenvalue weighted by molar-refractivity contribution is 7.97. The maximum absolute atomic E-state index is 10.9. The molecule has 0 spiro atoms. The summed E-state index contributed by atoms with van der Waals surface area (Å²) in [5, 5.41) is 0. The molecule has 0 saturated carbocycles. The van der Waals surface area contributed by atoms with E-state index in [4.69, 9.17) is 5.73 Å². The number of hydrogen-bond donors (Lipinski definition) is 1. The minimum atomic E-state index is -3.24. The lowest BCUT2D eigenvalue weighted by atomic mass is 11.5. The van der Waals surface area contributed by atoms with Crippen LogP contribution in [0.25, 0.3) is 0 Å². The Hall–Kier alpha value is 0.0400. The van der Waals surface area contributed by atoms with E-state index in [0.717, 1.165) is 0 Å². The number of rotatable bonds is 3. The highest BCUT2D eigenvalue weighted by atomic mass is 32.1. The van der Waals surface area contributed by atoms with Crippen LogP contribution in [0.3, 0.4) is 0 Å². The average Bonchev–Trinajstić information content (AvgIpc) is 1.86. The van der Waals surface area contributed by atoms with E-state index in [9.17, 15) is 4.57 Å². The Morgan fingerprint density at radius 3 is 1.89 bits per heavy atom. The van der Waals surface area contributed by atoms with Gasteiger partial charge in [0.15, 0.2) is 4.73 Å². The predicted octanol–water partition coefficient (Wildman–Crippen LogP) is 0.716. The van der Waals surface area contributed by atoms with Crippen molar-refractivity contribution < 1.29 is 13.6 Å². The zero-order valence-corrected chi connectivity index (χ0v) is 6.87. The summed E-state index contributed by atoms with van der Waals surface area (Å²) in [6.07, 6.45) is 0. The first-order chi connectivity index (χ1) is 4.06. The molecule has 2 N–H and O–H groups in total. The second kappa shape index (κ2) is 3.27. The van der Waals surface area contributed by atoms with Crippen molar-refractivity contribution in [3.8, 4) is 0 Å². The first-order valence-electron chi connectivity index (χ1n) is 2.08. The molecule has 0 saturated heterocycles. The van der Waals surface area contributed by atoms with Gasteiger partial charge in [0, 0.05) is 14.2 Å². The van der Waals surface area contributed by atoms with Crippen LogP contribution >= 0.6 is 19.8 Å². The van der Waals surface area contributed by atoms with E-state index in [-0.39, 0.29) is 4.73 Å². The van der Waals surface area contributed by atoms with Crippen LogP contribution in [0.4, 0.5) is 0 Å². The largest absolute Gasteiger partial charge is 0.387 e. The molecule has 0 aromatic rings. The Labute approximate surface area is 58.9 Å². The summed E-state index contributed by atoms with van der Waals surface area (Å²) >= 11 is 4.39. The molecule has 0 fully saturated rings. The quantitative estimate of drug-likeness (QED) is 0.498. The summed E-state index contributed by atoms with van der Waals surface area (Å²) in [6.45, 7) is 0. The molecule has 0 radical (unpaired) electrons. The fourth-order valence-corrected chi connectivity index (χ4v) is 1.21. The van der Waals surface area contributed by atoms with E-state index >= 15 is 0 Å². The summed E-state index contributed by atoms with van der Waals surface area (Å²) in [5.74, 6) is 0. The fourth-order valence-electron chi connectivity index (χ4n) is 0.254. The van der Waals surface area contributed by atoms with Crippen LogP contribution in [0.2, 0.25) is 0 Å². The topological polar surface area (TPSA) is 61.5 Å². The lowest BCUT2D eigenvalue weighted by molar-refractivity contribution is 0.290. The van der Waals surface area contributed by atoms with Crippen molar-refractivity contribution in [2.75, 3.05) is 14.2 Å². The molecule has 0 aliphatic rings. The van der Waals surface area contributed by atoms with Gasteiger partial charge < -0.3 is 14.8 Å². The van der Waals surface area contributed by atoms with Crippen LogP contribution in [0, 0.1) is 0 Å². The van der Waals surface area contributed by atoms with Gasteiger partial charge in [-0.15, -0.1) is 0 Å². The van der Waals surface area contributed by atoms with Crippen molar-refractivity contribution in [3.05, 3.63) is 0 Å². The Morgan fingerprint density at radius 2 is 1.89 bits per heavy atom. The molecule has 0 aliphatic carbocycles. The second-order valence-electron chi connectivity index (χ2n) is 1.20. The van der Waals surface area contributed by atoms with Crippen molar-refractivity contribution in [1.82, 2.24) is 0 Å². The molecule has 4 nitrogen and oxygen atoms in total. The van der Waals surface area contributed by atoms with Crippen molar-refractivity contribution in [3.63, 3.8) is 0 Å². The Morgan fingerprint density at radius 1 is 1.56 bits per heavy atom. The van der Waals surface area contributed by atoms with E-state index in [1.165, 1.54) is 14.2 Å². The highest BCUT2D eigenvalue weighted by Gasteiger charge is 2.24. The molecule has 0 aromatic heterocycles. The molecule has 54 valence electrons. The third-order valence-electron chi connectivity index (χ3n) is 0.751. The molecule has 0 bridgehead atoms. The normalized spacial score (nSPS) is 11.3. The Kier molecular flexibility index (Phi) is 3.28. The molecule has 0 heterocycles. The minimum absolute atomic E-state index is 0.243. The van der Waals surface area contributed by atoms with Crippen molar-refractivity contribution in [2.24, 2.45) is 5.73 Å². The van der Waals surface area contributed by atoms with Gasteiger partial charge in [-0.2, -0.15) is 0 Å². The van der Waals surface area contributed by atoms with Crippen LogP contribution in [-0.4, -0.2) is 18.9 Å². The Balaban J connectivity index is 4.30. The van der Waals surface area contributed by atoms with Gasteiger partial charge in [0.05, 0.1) is 0 Å². The van der Waals surface area contributed by atoms with E-state index in [1.807, 2.05) is 0 Å². The number of hydrogen-bond acceptors (Lipinski definition) is 4. The van der Waals surface area contributed by atoms with Gasteiger partial charge in [-0.3, -0.25) is 4.57 Å². The third kappa shape index (κ3) is 2.02. The molecule has 0 atom stereocenters. The SMILES string of the molecule is COP(=O)(OC)C(N)=S. The third-order valence-corrected chi connectivity index (χ3v) is 2.92. The monoisotopic (exact) mass is 169 g/mol.